The molecular weight excluding hydrogens is 268 g/mol. The van der Waals surface area contributed by atoms with E-state index in [1.165, 1.54) is 0 Å². The van der Waals surface area contributed by atoms with Gasteiger partial charge in [-0.1, -0.05) is 0 Å². The van der Waals surface area contributed by atoms with Gasteiger partial charge in [-0.15, -0.1) is 0 Å². The maximum atomic E-state index is 8.00. The van der Waals surface area contributed by atoms with Crippen molar-refractivity contribution in [2.45, 2.75) is 0 Å². The Kier molecular flexibility index (Phi) is 5900. The average Bonchev–Trinajstić information content (AvgIpc) is 1.81. The van der Waals surface area contributed by atoms with Crippen LogP contribution in [-0.2, 0) is 35.4 Å². The molecule has 7 heavy (non-hydrogen) atoms. The molecule has 42 valence electrons. The fourth-order valence-electron chi connectivity index (χ4n) is 0. The van der Waals surface area contributed by atoms with Crippen molar-refractivity contribution in [1.82, 2.24) is 0 Å². The van der Waals surface area contributed by atoms with Gasteiger partial charge in [-0.25, -0.2) is 0 Å². The minimum absolute atomic E-state index is 0. The monoisotopic (exact) mass is 274 g/mol. The van der Waals surface area contributed by atoms with Crippen LogP contribution in [-0.4, -0.2) is 20.4 Å². The molecular formula is C3H6O3W. The first-order valence-corrected chi connectivity index (χ1v) is 0.866. The van der Waals surface area contributed by atoms with E-state index in [0.29, 0.717) is 0 Å². The summed E-state index contributed by atoms with van der Waals surface area (Å²) >= 11 is 0. The maximum Gasteiger partial charge on any atom is 0.106 e. The van der Waals surface area contributed by atoms with Gasteiger partial charge in [0, 0.05) is 21.1 Å². The quantitative estimate of drug-likeness (QED) is 0.595. The standard InChI is InChI=1S/3CH2O.W/c3*1-2;/h3*1H2;. The number of carbonyl (C=O) groups excluding carboxylic acids is 3. The molecule has 4 heteroatoms. The summed E-state index contributed by atoms with van der Waals surface area (Å²) < 4.78 is 0. The van der Waals surface area contributed by atoms with E-state index >= 15 is 0 Å². The van der Waals surface area contributed by atoms with Crippen molar-refractivity contribution in [3.8, 4) is 0 Å². The summed E-state index contributed by atoms with van der Waals surface area (Å²) in [5, 5.41) is 0. The molecule has 0 saturated carbocycles. The molecule has 0 aliphatic rings. The topological polar surface area (TPSA) is 51.2 Å². The minimum atomic E-state index is 0. The second-order valence-electron chi connectivity index (χ2n) is 0. The largest absolute Gasteiger partial charge is 0.307 e. The molecule has 0 atom stereocenters. The molecule has 0 aliphatic heterocycles. The van der Waals surface area contributed by atoms with Gasteiger partial charge in [0.1, 0.15) is 20.4 Å². The van der Waals surface area contributed by atoms with Gasteiger partial charge < -0.3 is 14.4 Å². The molecule has 0 bridgehead atoms. The molecule has 0 radical (unpaired) electrons. The molecule has 0 spiro atoms. The van der Waals surface area contributed by atoms with Crippen molar-refractivity contribution in [3.63, 3.8) is 0 Å². The van der Waals surface area contributed by atoms with Crippen LogP contribution in [0.4, 0.5) is 0 Å². The van der Waals surface area contributed by atoms with Gasteiger partial charge >= 0.3 is 0 Å². The number of rotatable bonds is 0. The molecule has 0 N–H and O–H groups in total. The summed E-state index contributed by atoms with van der Waals surface area (Å²) in [6, 6.07) is 0. The smallest absolute Gasteiger partial charge is 0.106 e. The van der Waals surface area contributed by atoms with E-state index in [2.05, 4.69) is 0 Å². The van der Waals surface area contributed by atoms with Crippen LogP contribution in [0.3, 0.4) is 0 Å². The molecule has 0 amide bonds. The molecule has 0 saturated heterocycles. The average molecular weight is 274 g/mol. The van der Waals surface area contributed by atoms with Crippen molar-refractivity contribution >= 4 is 20.4 Å². The Morgan fingerprint density at radius 2 is 0.571 bits per heavy atom. The van der Waals surface area contributed by atoms with Crippen LogP contribution < -0.4 is 0 Å². The first-order valence-electron chi connectivity index (χ1n) is 0.866. The summed E-state index contributed by atoms with van der Waals surface area (Å²) in [5.74, 6) is 0. The van der Waals surface area contributed by atoms with Gasteiger partial charge in [0.15, 0.2) is 0 Å². The Morgan fingerprint density at radius 1 is 0.571 bits per heavy atom. The zero-order chi connectivity index (χ0) is 6.00. The number of hydrogen-bond acceptors (Lipinski definition) is 3. The van der Waals surface area contributed by atoms with Crippen molar-refractivity contribution in [3.05, 3.63) is 0 Å². The summed E-state index contributed by atoms with van der Waals surface area (Å²) in [7, 11) is 0. The van der Waals surface area contributed by atoms with E-state index in [-0.39, 0.29) is 21.1 Å². The van der Waals surface area contributed by atoms with E-state index in [1.54, 1.807) is 0 Å². The van der Waals surface area contributed by atoms with Crippen LogP contribution >= 0.6 is 0 Å². The Balaban J connectivity index is -0.00000000900. The Bertz CT molecular complexity index is 14.9. The fourth-order valence-corrected chi connectivity index (χ4v) is 0. The zero-order valence-corrected chi connectivity index (χ0v) is 6.69. The zero-order valence-electron chi connectivity index (χ0n) is 3.75. The van der Waals surface area contributed by atoms with Crippen LogP contribution in [0.1, 0.15) is 0 Å². The molecule has 0 unspecified atom stereocenters. The van der Waals surface area contributed by atoms with E-state index in [4.69, 9.17) is 14.4 Å². The second kappa shape index (κ2) is 1380. The summed E-state index contributed by atoms with van der Waals surface area (Å²) in [6.07, 6.45) is 0. The second-order valence-corrected chi connectivity index (χ2v) is 0. The number of hydrogen-bond donors (Lipinski definition) is 0. The third-order valence-electron chi connectivity index (χ3n) is 0. The van der Waals surface area contributed by atoms with Gasteiger partial charge in [-0.05, 0) is 0 Å². The molecule has 0 aromatic carbocycles. The number of carbonyl (C=O) groups is 3. The van der Waals surface area contributed by atoms with Crippen molar-refractivity contribution in [1.29, 1.82) is 0 Å². The van der Waals surface area contributed by atoms with Crippen LogP contribution in [0.5, 0.6) is 0 Å². The minimum Gasteiger partial charge on any atom is -0.307 e. The molecule has 0 aliphatic carbocycles. The van der Waals surface area contributed by atoms with Gasteiger partial charge in [0.05, 0.1) is 0 Å². The van der Waals surface area contributed by atoms with E-state index < -0.39 is 0 Å². The third-order valence-corrected chi connectivity index (χ3v) is 0. The van der Waals surface area contributed by atoms with Crippen LogP contribution in [0.2, 0.25) is 0 Å². The summed E-state index contributed by atoms with van der Waals surface area (Å²) in [4.78, 5) is 24.0. The molecule has 3 nitrogen and oxygen atoms in total. The summed E-state index contributed by atoms with van der Waals surface area (Å²) in [5.41, 5.74) is 0. The maximum absolute atomic E-state index is 8.00. The van der Waals surface area contributed by atoms with Crippen molar-refractivity contribution in [2.24, 2.45) is 0 Å². The Morgan fingerprint density at radius 3 is 0.571 bits per heavy atom. The predicted molar refractivity (Wildman–Crippen MR) is 21.4 cm³/mol. The SMILES string of the molecule is C=O.C=O.C=O.[W]. The van der Waals surface area contributed by atoms with Gasteiger partial charge in [-0.3, -0.25) is 0 Å². The normalized spacial score (nSPS) is 1.71. The van der Waals surface area contributed by atoms with Crippen LogP contribution in [0.25, 0.3) is 0 Å². The van der Waals surface area contributed by atoms with Gasteiger partial charge in [-0.2, -0.15) is 0 Å². The van der Waals surface area contributed by atoms with Crippen molar-refractivity contribution in [2.75, 3.05) is 0 Å². The van der Waals surface area contributed by atoms with E-state index in [1.807, 2.05) is 20.4 Å². The molecule has 0 aromatic rings. The first-order chi connectivity index (χ1) is 3.00. The molecule has 0 aromatic heterocycles. The van der Waals surface area contributed by atoms with Gasteiger partial charge in [0.25, 0.3) is 0 Å². The molecule has 0 heterocycles. The molecule has 0 rings (SSSR count). The Hall–Kier alpha value is -0.302. The predicted octanol–water partition coefficient (Wildman–Crippen LogP) is -0.557. The first kappa shape index (κ1) is 29.9. The van der Waals surface area contributed by atoms with Crippen molar-refractivity contribution < 1.29 is 35.4 Å². The Labute approximate surface area is 56.4 Å². The van der Waals surface area contributed by atoms with E-state index in [9.17, 15) is 0 Å². The summed E-state index contributed by atoms with van der Waals surface area (Å²) in [6.45, 7) is 6.00. The molecule has 0 fully saturated rings. The van der Waals surface area contributed by atoms with Crippen LogP contribution in [0.15, 0.2) is 0 Å². The van der Waals surface area contributed by atoms with E-state index in [0.717, 1.165) is 0 Å². The van der Waals surface area contributed by atoms with Gasteiger partial charge in [0.2, 0.25) is 0 Å². The third kappa shape index (κ3) is 856. The fraction of sp³-hybridized carbons (Fsp3) is 0. The van der Waals surface area contributed by atoms with Crippen LogP contribution in [0, 0.1) is 0 Å².